The topological polar surface area (TPSA) is 137 Å². The zero-order chi connectivity index (χ0) is 25.0. The van der Waals surface area contributed by atoms with E-state index in [9.17, 15) is 32.9 Å². The number of alkyl halides is 3. The lowest BCUT2D eigenvalue weighted by Crippen LogP contribution is -2.37. The van der Waals surface area contributed by atoms with Crippen LogP contribution >= 0.6 is 0 Å². The molecule has 182 valence electrons. The summed E-state index contributed by atoms with van der Waals surface area (Å²) in [7, 11) is 0. The molecule has 34 heavy (non-hydrogen) atoms. The maximum atomic E-state index is 13.2. The number of ether oxygens (including phenoxy) is 2. The minimum Gasteiger partial charge on any atom is -0.449 e. The number of nitrogens with two attached hydrogens (primary N) is 1. The number of benzene rings is 2. The summed E-state index contributed by atoms with van der Waals surface area (Å²) in [6.45, 7) is 2.79. The van der Waals surface area contributed by atoms with Crippen LogP contribution in [0.25, 0.3) is 0 Å². The van der Waals surface area contributed by atoms with Crippen molar-refractivity contribution in [2.24, 2.45) is 0 Å². The van der Waals surface area contributed by atoms with Crippen molar-refractivity contribution in [3.8, 4) is 0 Å². The van der Waals surface area contributed by atoms with Crippen molar-refractivity contribution in [3.63, 3.8) is 0 Å². The number of nitrogens with zero attached hydrogens (tertiary/aromatic N) is 2. The Labute approximate surface area is 191 Å². The normalized spacial score (nSPS) is 14.9. The van der Waals surface area contributed by atoms with Crippen molar-refractivity contribution in [1.82, 2.24) is 0 Å². The second-order valence-corrected chi connectivity index (χ2v) is 7.40. The van der Waals surface area contributed by atoms with Crippen LogP contribution < -0.4 is 16.0 Å². The van der Waals surface area contributed by atoms with Gasteiger partial charge in [-0.2, -0.15) is 13.2 Å². The fraction of sp³-hybridized carbons (Fsp3) is 0.333. The van der Waals surface area contributed by atoms with Gasteiger partial charge in [0, 0.05) is 19.2 Å². The maximum absolute atomic E-state index is 13.2. The van der Waals surface area contributed by atoms with Crippen LogP contribution in [0.1, 0.15) is 22.8 Å². The van der Waals surface area contributed by atoms with E-state index in [-0.39, 0.29) is 16.9 Å². The van der Waals surface area contributed by atoms with Crippen LogP contribution in [-0.2, 0) is 20.4 Å². The molecule has 0 radical (unpaired) electrons. The number of morpholine rings is 1. The summed E-state index contributed by atoms with van der Waals surface area (Å²) in [4.78, 5) is 37.0. The molecular weight excluding hydrogens is 461 g/mol. The predicted molar refractivity (Wildman–Crippen MR) is 115 cm³/mol. The first kappa shape index (κ1) is 24.8. The highest BCUT2D eigenvalue weighted by Gasteiger charge is 2.32. The Balaban J connectivity index is 1.79. The molecule has 1 saturated heterocycles. The maximum Gasteiger partial charge on any atom is 0.416 e. The summed E-state index contributed by atoms with van der Waals surface area (Å²) in [5, 5.41) is 13.4. The zero-order valence-electron chi connectivity index (χ0n) is 17.9. The van der Waals surface area contributed by atoms with Crippen LogP contribution in [0.2, 0.25) is 0 Å². The van der Waals surface area contributed by atoms with E-state index in [0.717, 1.165) is 24.3 Å². The average Bonchev–Trinajstić information content (AvgIpc) is 2.79. The predicted octanol–water partition coefficient (Wildman–Crippen LogP) is 3.22. The van der Waals surface area contributed by atoms with Crippen LogP contribution in [0, 0.1) is 10.1 Å². The number of halogens is 3. The molecule has 0 saturated carbocycles. The van der Waals surface area contributed by atoms with Gasteiger partial charge >= 0.3 is 12.1 Å². The number of nitrogens with one attached hydrogen (secondary N) is 1. The van der Waals surface area contributed by atoms with E-state index in [4.69, 9.17) is 15.2 Å². The molecule has 3 N–H and O–H groups in total. The number of nitrogen functional groups attached to an aromatic ring is 1. The molecule has 1 atom stereocenters. The van der Waals surface area contributed by atoms with Gasteiger partial charge in [0.15, 0.2) is 6.10 Å². The van der Waals surface area contributed by atoms with E-state index in [1.54, 1.807) is 4.90 Å². The van der Waals surface area contributed by atoms with E-state index in [2.05, 4.69) is 5.32 Å². The van der Waals surface area contributed by atoms with Crippen molar-refractivity contribution in [2.75, 3.05) is 42.3 Å². The van der Waals surface area contributed by atoms with Crippen molar-refractivity contribution in [3.05, 3.63) is 57.6 Å². The molecule has 1 fully saturated rings. The third kappa shape index (κ3) is 5.73. The fourth-order valence-electron chi connectivity index (χ4n) is 3.24. The molecule has 1 amide bonds. The number of carbonyl (C=O) groups excluding carboxylic acids is 2. The van der Waals surface area contributed by atoms with Crippen LogP contribution in [0.3, 0.4) is 0 Å². The molecule has 13 heteroatoms. The van der Waals surface area contributed by atoms with Gasteiger partial charge in [-0.3, -0.25) is 14.9 Å². The van der Waals surface area contributed by atoms with E-state index >= 15 is 0 Å². The van der Waals surface area contributed by atoms with Crippen LogP contribution in [0.5, 0.6) is 0 Å². The number of nitro benzene ring substituents is 1. The van der Waals surface area contributed by atoms with E-state index in [0.29, 0.717) is 32.0 Å². The molecule has 1 aliphatic heterocycles. The second kappa shape index (κ2) is 9.95. The fourth-order valence-corrected chi connectivity index (χ4v) is 3.24. The Kier molecular flexibility index (Phi) is 7.25. The highest BCUT2D eigenvalue weighted by atomic mass is 19.4. The molecule has 2 aromatic rings. The molecular formula is C21H21F3N4O6. The molecule has 0 aliphatic carbocycles. The lowest BCUT2D eigenvalue weighted by Gasteiger charge is -2.31. The minimum absolute atomic E-state index is 0.104. The third-order valence-electron chi connectivity index (χ3n) is 5.05. The highest BCUT2D eigenvalue weighted by Crippen LogP contribution is 2.36. The van der Waals surface area contributed by atoms with Gasteiger partial charge in [0.2, 0.25) is 0 Å². The second-order valence-electron chi connectivity index (χ2n) is 7.40. The van der Waals surface area contributed by atoms with Crippen molar-refractivity contribution in [1.29, 1.82) is 0 Å². The number of carbonyl (C=O) groups is 2. The summed E-state index contributed by atoms with van der Waals surface area (Å²) in [5.74, 6) is -1.92. The number of hydrogen-bond acceptors (Lipinski definition) is 8. The molecule has 0 unspecified atom stereocenters. The summed E-state index contributed by atoms with van der Waals surface area (Å²) >= 11 is 0. The van der Waals surface area contributed by atoms with Crippen LogP contribution in [0.15, 0.2) is 36.4 Å². The molecule has 2 aromatic carbocycles. The first-order valence-corrected chi connectivity index (χ1v) is 10.1. The average molecular weight is 482 g/mol. The summed E-state index contributed by atoms with van der Waals surface area (Å²) in [6, 6.07) is 6.23. The van der Waals surface area contributed by atoms with Gasteiger partial charge in [-0.15, -0.1) is 0 Å². The monoisotopic (exact) mass is 482 g/mol. The first-order valence-electron chi connectivity index (χ1n) is 10.1. The zero-order valence-corrected chi connectivity index (χ0v) is 17.9. The first-order chi connectivity index (χ1) is 16.0. The van der Waals surface area contributed by atoms with Gasteiger partial charge in [-0.05, 0) is 37.3 Å². The van der Waals surface area contributed by atoms with Gasteiger partial charge in [-0.25, -0.2) is 4.79 Å². The van der Waals surface area contributed by atoms with Crippen molar-refractivity contribution >= 4 is 34.6 Å². The molecule has 1 aliphatic rings. The van der Waals surface area contributed by atoms with E-state index in [1.165, 1.54) is 19.1 Å². The lowest BCUT2D eigenvalue weighted by molar-refractivity contribution is -0.383. The number of rotatable bonds is 6. The van der Waals surface area contributed by atoms with Crippen molar-refractivity contribution < 1.29 is 37.2 Å². The molecule has 10 nitrogen and oxygen atoms in total. The van der Waals surface area contributed by atoms with Gasteiger partial charge < -0.3 is 25.4 Å². The largest absolute Gasteiger partial charge is 0.449 e. The minimum atomic E-state index is -4.63. The molecule has 1 heterocycles. The van der Waals surface area contributed by atoms with Gasteiger partial charge in [0.25, 0.3) is 11.6 Å². The number of hydrogen-bond donors (Lipinski definition) is 2. The lowest BCUT2D eigenvalue weighted by atomic mass is 10.1. The van der Waals surface area contributed by atoms with E-state index in [1.807, 2.05) is 0 Å². The molecule has 3 rings (SSSR count). The Morgan fingerprint density at radius 3 is 2.50 bits per heavy atom. The smallest absolute Gasteiger partial charge is 0.416 e. The Bertz CT molecular complexity index is 1100. The Morgan fingerprint density at radius 2 is 1.88 bits per heavy atom. The van der Waals surface area contributed by atoms with E-state index < -0.39 is 40.3 Å². The number of anilines is 3. The van der Waals surface area contributed by atoms with Gasteiger partial charge in [-0.1, -0.05) is 0 Å². The van der Waals surface area contributed by atoms with Gasteiger partial charge in [0.1, 0.15) is 5.69 Å². The number of amides is 1. The summed E-state index contributed by atoms with van der Waals surface area (Å²) < 4.78 is 50.0. The molecule has 0 spiro atoms. The number of esters is 1. The standard InChI is InChI=1S/C21H21F3N4O6/c1-12(34-20(30)13-2-4-15(25)18(10-13)28(31)32)19(29)26-16-11-14(21(22,23)24)3-5-17(16)27-6-8-33-9-7-27/h2-5,10-12H,6-9,25H2,1H3,(H,26,29)/t12-/m1/s1. The van der Waals surface area contributed by atoms with Crippen LogP contribution in [-0.4, -0.2) is 49.2 Å². The molecule has 0 aromatic heterocycles. The Morgan fingerprint density at radius 1 is 1.21 bits per heavy atom. The molecule has 0 bridgehead atoms. The Hall–Kier alpha value is -3.87. The summed E-state index contributed by atoms with van der Waals surface area (Å²) in [5.41, 5.74) is 3.91. The van der Waals surface area contributed by atoms with Gasteiger partial charge in [0.05, 0.1) is 40.6 Å². The number of nitro groups is 1. The SMILES string of the molecule is C[C@@H](OC(=O)c1ccc(N)c([N+](=O)[O-])c1)C(=O)Nc1cc(C(F)(F)F)ccc1N1CCOCC1. The van der Waals surface area contributed by atoms with Crippen LogP contribution in [0.4, 0.5) is 35.9 Å². The highest BCUT2D eigenvalue weighted by molar-refractivity contribution is 5.99. The quantitative estimate of drug-likeness (QED) is 0.277. The summed E-state index contributed by atoms with van der Waals surface area (Å²) in [6.07, 6.45) is -6.05. The third-order valence-corrected chi connectivity index (χ3v) is 5.05. The van der Waals surface area contributed by atoms with Crippen molar-refractivity contribution in [2.45, 2.75) is 19.2 Å².